The highest BCUT2D eigenvalue weighted by Gasteiger charge is 2.22. The van der Waals surface area contributed by atoms with Crippen LogP contribution in [0.4, 0.5) is 0 Å². The SMILES string of the molecule is CCCCC/C=C\CCCCCCCC(=O)O[C@H](COC(=O)CCCCCCCCC/C=C\CCCCCCCC)COP(=O)(O)O. The minimum Gasteiger partial charge on any atom is -0.462 e. The maximum Gasteiger partial charge on any atom is 0.469 e. The highest BCUT2D eigenvalue weighted by molar-refractivity contribution is 7.46. The molecule has 0 bridgehead atoms. The number of ether oxygens (including phenoxy) is 2. The highest BCUT2D eigenvalue weighted by atomic mass is 31.2. The third-order valence-corrected chi connectivity index (χ3v) is 8.68. The van der Waals surface area contributed by atoms with E-state index in [0.717, 1.165) is 70.6 Å². The average molecular weight is 687 g/mol. The Kier molecular flexibility index (Phi) is 33.3. The minimum absolute atomic E-state index is 0.202. The quantitative estimate of drug-likeness (QED) is 0.0292. The summed E-state index contributed by atoms with van der Waals surface area (Å²) in [6, 6.07) is 0. The largest absolute Gasteiger partial charge is 0.469 e. The van der Waals surface area contributed by atoms with Crippen molar-refractivity contribution in [2.75, 3.05) is 13.2 Å². The predicted octanol–water partition coefficient (Wildman–Crippen LogP) is 11.2. The third-order valence-electron chi connectivity index (χ3n) is 8.19. The fourth-order valence-corrected chi connectivity index (χ4v) is 5.66. The van der Waals surface area contributed by atoms with Crippen molar-refractivity contribution in [3.63, 3.8) is 0 Å². The standard InChI is InChI=1S/C38H71O8P/c1-3-5-7-9-11-13-15-17-18-19-20-21-23-24-26-28-30-32-37(39)44-34-36(35-45-47(41,42)43)46-38(40)33-31-29-27-25-22-16-14-12-10-8-6-4-2/h12,14,17-18,36H,3-11,13,15-16,19-35H2,1-2H3,(H2,41,42,43)/b14-12-,18-17-/t36-/m1/s1. The van der Waals surface area contributed by atoms with Gasteiger partial charge in [-0.25, -0.2) is 4.57 Å². The van der Waals surface area contributed by atoms with Gasteiger partial charge in [-0.05, 0) is 64.2 Å². The zero-order valence-corrected chi connectivity index (χ0v) is 31.1. The second-order valence-corrected chi connectivity index (χ2v) is 14.1. The first-order valence-corrected chi connectivity index (χ1v) is 20.7. The van der Waals surface area contributed by atoms with Crippen LogP contribution in [0.15, 0.2) is 24.3 Å². The van der Waals surface area contributed by atoms with Gasteiger partial charge >= 0.3 is 19.8 Å². The third kappa shape index (κ3) is 37.2. The zero-order chi connectivity index (χ0) is 34.7. The van der Waals surface area contributed by atoms with E-state index >= 15 is 0 Å². The molecule has 0 aromatic rings. The van der Waals surface area contributed by atoms with E-state index < -0.39 is 32.5 Å². The maximum absolute atomic E-state index is 12.3. The number of hydrogen-bond donors (Lipinski definition) is 2. The zero-order valence-electron chi connectivity index (χ0n) is 30.2. The van der Waals surface area contributed by atoms with E-state index in [0.29, 0.717) is 6.42 Å². The molecule has 9 heteroatoms. The summed E-state index contributed by atoms with van der Waals surface area (Å²) in [4.78, 5) is 42.7. The lowest BCUT2D eigenvalue weighted by Gasteiger charge is -2.18. The molecule has 0 aromatic heterocycles. The minimum atomic E-state index is -4.75. The molecule has 2 N–H and O–H groups in total. The molecule has 0 aliphatic rings. The van der Waals surface area contributed by atoms with Crippen molar-refractivity contribution in [3.05, 3.63) is 24.3 Å². The number of phosphoric ester groups is 1. The number of unbranched alkanes of at least 4 members (excludes halogenated alkanes) is 21. The molecule has 8 nitrogen and oxygen atoms in total. The molecule has 47 heavy (non-hydrogen) atoms. The van der Waals surface area contributed by atoms with Crippen molar-refractivity contribution in [2.24, 2.45) is 0 Å². The van der Waals surface area contributed by atoms with Gasteiger partial charge in [0.15, 0.2) is 6.10 Å². The van der Waals surface area contributed by atoms with Crippen molar-refractivity contribution >= 4 is 19.8 Å². The Morgan fingerprint density at radius 3 is 1.34 bits per heavy atom. The Balaban J connectivity index is 3.94. The van der Waals surface area contributed by atoms with Crippen LogP contribution in [0.2, 0.25) is 0 Å². The molecular formula is C38H71O8P. The van der Waals surface area contributed by atoms with Crippen LogP contribution < -0.4 is 0 Å². The molecule has 0 aromatic carbocycles. The summed E-state index contributed by atoms with van der Waals surface area (Å²) >= 11 is 0. The van der Waals surface area contributed by atoms with Crippen LogP contribution >= 0.6 is 7.82 Å². The van der Waals surface area contributed by atoms with E-state index in [1.165, 1.54) is 83.5 Å². The number of carbonyl (C=O) groups is 2. The van der Waals surface area contributed by atoms with E-state index in [-0.39, 0.29) is 19.4 Å². The van der Waals surface area contributed by atoms with Crippen LogP contribution in [0.1, 0.15) is 187 Å². The highest BCUT2D eigenvalue weighted by Crippen LogP contribution is 2.36. The molecule has 1 atom stereocenters. The monoisotopic (exact) mass is 686 g/mol. The Hall–Kier alpha value is -1.47. The molecule has 0 radical (unpaired) electrons. The molecule has 0 saturated heterocycles. The molecule has 276 valence electrons. The molecular weight excluding hydrogens is 615 g/mol. The molecule has 0 saturated carbocycles. The number of hydrogen-bond acceptors (Lipinski definition) is 6. The van der Waals surface area contributed by atoms with Crippen molar-refractivity contribution in [3.8, 4) is 0 Å². The van der Waals surface area contributed by atoms with Crippen LogP contribution in [0.25, 0.3) is 0 Å². The number of rotatable bonds is 35. The Bertz CT molecular complexity index is 823. The van der Waals surface area contributed by atoms with Gasteiger partial charge in [-0.2, -0.15) is 0 Å². The fraction of sp³-hybridized carbons (Fsp3) is 0.842. The predicted molar refractivity (Wildman–Crippen MR) is 193 cm³/mol. The van der Waals surface area contributed by atoms with Gasteiger partial charge in [0.2, 0.25) is 0 Å². The van der Waals surface area contributed by atoms with Crippen molar-refractivity contribution in [1.82, 2.24) is 0 Å². The second kappa shape index (κ2) is 34.4. The van der Waals surface area contributed by atoms with E-state index in [2.05, 4.69) is 42.7 Å². The van der Waals surface area contributed by atoms with Gasteiger partial charge in [-0.1, -0.05) is 134 Å². The Morgan fingerprint density at radius 2 is 0.894 bits per heavy atom. The second-order valence-electron chi connectivity index (χ2n) is 12.9. The van der Waals surface area contributed by atoms with E-state index in [9.17, 15) is 14.2 Å². The summed E-state index contributed by atoms with van der Waals surface area (Å²) in [5.41, 5.74) is 0. The first kappa shape index (κ1) is 45.5. The molecule has 0 spiro atoms. The first-order chi connectivity index (χ1) is 22.8. The van der Waals surface area contributed by atoms with Crippen molar-refractivity contribution < 1.29 is 37.9 Å². The summed E-state index contributed by atoms with van der Waals surface area (Å²) in [7, 11) is -4.75. The Morgan fingerprint density at radius 1 is 0.532 bits per heavy atom. The lowest BCUT2D eigenvalue weighted by atomic mass is 10.1. The van der Waals surface area contributed by atoms with Crippen LogP contribution in [-0.2, 0) is 28.2 Å². The number of phosphoric acid groups is 1. The lowest BCUT2D eigenvalue weighted by Crippen LogP contribution is -2.29. The topological polar surface area (TPSA) is 119 Å². The number of esters is 2. The first-order valence-electron chi connectivity index (χ1n) is 19.1. The number of allylic oxidation sites excluding steroid dienone is 4. The van der Waals surface area contributed by atoms with Gasteiger partial charge in [-0.15, -0.1) is 0 Å². The molecule has 0 heterocycles. The summed E-state index contributed by atoms with van der Waals surface area (Å²) < 4.78 is 26.3. The molecule has 0 aliphatic heterocycles. The van der Waals surface area contributed by atoms with Crippen LogP contribution in [0.5, 0.6) is 0 Å². The van der Waals surface area contributed by atoms with Gasteiger partial charge in [-0.3, -0.25) is 14.1 Å². The van der Waals surface area contributed by atoms with Crippen LogP contribution in [0, 0.1) is 0 Å². The summed E-state index contributed by atoms with van der Waals surface area (Å²) in [5.74, 6) is -0.898. The van der Waals surface area contributed by atoms with Crippen LogP contribution in [-0.4, -0.2) is 41.0 Å². The van der Waals surface area contributed by atoms with Gasteiger partial charge in [0, 0.05) is 12.8 Å². The van der Waals surface area contributed by atoms with Gasteiger partial charge in [0.1, 0.15) is 6.61 Å². The summed E-state index contributed by atoms with van der Waals surface area (Å²) in [6.07, 6.45) is 37.5. The summed E-state index contributed by atoms with van der Waals surface area (Å²) in [6.45, 7) is 3.64. The van der Waals surface area contributed by atoms with Gasteiger partial charge in [0.05, 0.1) is 6.61 Å². The van der Waals surface area contributed by atoms with Crippen LogP contribution in [0.3, 0.4) is 0 Å². The van der Waals surface area contributed by atoms with Gasteiger partial charge in [0.25, 0.3) is 0 Å². The van der Waals surface area contributed by atoms with E-state index in [1.807, 2.05) is 0 Å². The molecule has 0 unspecified atom stereocenters. The molecule has 0 amide bonds. The Labute approximate surface area is 288 Å². The van der Waals surface area contributed by atoms with Crippen molar-refractivity contribution in [2.45, 2.75) is 193 Å². The molecule has 0 fully saturated rings. The lowest BCUT2D eigenvalue weighted by molar-refractivity contribution is -0.161. The van der Waals surface area contributed by atoms with Gasteiger partial charge < -0.3 is 19.3 Å². The summed E-state index contributed by atoms with van der Waals surface area (Å²) in [5, 5.41) is 0. The molecule has 0 aliphatic carbocycles. The normalized spacial score (nSPS) is 12.7. The van der Waals surface area contributed by atoms with E-state index in [4.69, 9.17) is 19.3 Å². The van der Waals surface area contributed by atoms with Crippen molar-refractivity contribution in [1.29, 1.82) is 0 Å². The smallest absolute Gasteiger partial charge is 0.462 e. The molecule has 0 rings (SSSR count). The fourth-order valence-electron chi connectivity index (χ4n) is 5.30. The van der Waals surface area contributed by atoms with E-state index in [1.54, 1.807) is 0 Å². The average Bonchev–Trinajstić information content (AvgIpc) is 3.04. The number of carbonyl (C=O) groups excluding carboxylic acids is 2. The maximum atomic E-state index is 12.3.